The lowest BCUT2D eigenvalue weighted by atomic mass is 10.2. The molecule has 1 fully saturated rings. The zero-order chi connectivity index (χ0) is 8.69. The second kappa shape index (κ2) is 12.0. The summed E-state index contributed by atoms with van der Waals surface area (Å²) in [7, 11) is 2.17. The average molecular weight is 232 g/mol. The van der Waals surface area contributed by atoms with Crippen LogP contribution in [0.1, 0.15) is 6.92 Å². The van der Waals surface area contributed by atoms with Gasteiger partial charge < -0.3 is 16.0 Å². The molecule has 0 saturated carbocycles. The molecule has 0 aromatic rings. The van der Waals surface area contributed by atoms with Crippen molar-refractivity contribution in [2.45, 2.75) is 13.0 Å². The van der Waals surface area contributed by atoms with Gasteiger partial charge in [-0.15, -0.1) is 24.8 Å². The summed E-state index contributed by atoms with van der Waals surface area (Å²) in [5.74, 6) is 0. The minimum Gasteiger partial charge on any atom is -0.372 e. The summed E-state index contributed by atoms with van der Waals surface area (Å²) in [6.45, 7) is 5.74. The minimum atomic E-state index is 0. The summed E-state index contributed by atoms with van der Waals surface area (Å²) in [5, 5.41) is 3.32. The van der Waals surface area contributed by atoms with E-state index in [1.807, 2.05) is 0 Å². The van der Waals surface area contributed by atoms with Crippen LogP contribution in [-0.2, 0) is 4.79 Å². The Labute approximate surface area is 92.0 Å². The Balaban J connectivity index is -0.000000180. The van der Waals surface area contributed by atoms with Gasteiger partial charge in [0.25, 0.3) is 0 Å². The van der Waals surface area contributed by atoms with E-state index < -0.39 is 0 Å². The number of halogens is 2. The fourth-order valence-electron chi connectivity index (χ4n) is 0.943. The van der Waals surface area contributed by atoms with Crippen molar-refractivity contribution in [3.05, 3.63) is 0 Å². The number of piperazine rings is 1. The third-order valence-electron chi connectivity index (χ3n) is 1.83. The van der Waals surface area contributed by atoms with E-state index in [1.165, 1.54) is 6.54 Å². The number of nitrogens with two attached hydrogens (primary N) is 1. The highest BCUT2D eigenvalue weighted by Gasteiger charge is 2.11. The first-order valence-electron chi connectivity index (χ1n) is 3.78. The number of carbonyl (C=O) groups excluding carboxylic acids is 1. The Kier molecular flexibility index (Phi) is 17.2. The lowest BCUT2D eigenvalue weighted by Crippen LogP contribution is -2.47. The van der Waals surface area contributed by atoms with E-state index in [0.717, 1.165) is 19.1 Å². The van der Waals surface area contributed by atoms with Crippen LogP contribution in [0.5, 0.6) is 0 Å². The van der Waals surface area contributed by atoms with Gasteiger partial charge in [-0.1, -0.05) is 0 Å². The lowest BCUT2D eigenvalue weighted by Gasteiger charge is -2.29. The molecule has 3 N–H and O–H groups in total. The molecule has 0 spiro atoms. The number of amides is 1. The topological polar surface area (TPSA) is 58.4 Å². The molecule has 13 heavy (non-hydrogen) atoms. The number of likely N-dealkylation sites (N-methyl/N-ethyl adjacent to an activating group) is 1. The molecule has 1 unspecified atom stereocenters. The summed E-state index contributed by atoms with van der Waals surface area (Å²) >= 11 is 0. The average Bonchev–Trinajstić information content (AvgIpc) is 1.97. The first-order valence-corrected chi connectivity index (χ1v) is 3.78. The molecule has 0 aromatic heterocycles. The molecule has 1 aliphatic heterocycles. The Morgan fingerprint density at radius 3 is 2.23 bits per heavy atom. The Bertz CT molecular complexity index is 106. The predicted molar refractivity (Wildman–Crippen MR) is 59.7 cm³/mol. The van der Waals surface area contributed by atoms with Gasteiger partial charge in [-0.25, -0.2) is 0 Å². The van der Waals surface area contributed by atoms with Gasteiger partial charge >= 0.3 is 0 Å². The van der Waals surface area contributed by atoms with E-state index in [9.17, 15) is 0 Å². The maximum Gasteiger partial charge on any atom is 0.204 e. The monoisotopic (exact) mass is 231 g/mol. The second-order valence-electron chi connectivity index (χ2n) is 2.67. The molecule has 1 saturated heterocycles. The number of primary amides is 1. The molecule has 1 amide bonds. The van der Waals surface area contributed by atoms with Crippen LogP contribution in [0.15, 0.2) is 0 Å². The SMILES string of the molecule is CC1CNCCN1C.Cl.Cl.NC=O. The molecule has 0 radical (unpaired) electrons. The normalized spacial score (nSPS) is 21.2. The predicted octanol–water partition coefficient (Wildman–Crippen LogP) is -0.145. The Morgan fingerprint density at radius 1 is 1.54 bits per heavy atom. The lowest BCUT2D eigenvalue weighted by molar-refractivity contribution is -0.106. The Hall–Kier alpha value is -0.0300. The molecule has 82 valence electrons. The van der Waals surface area contributed by atoms with Crippen LogP contribution in [0.3, 0.4) is 0 Å². The summed E-state index contributed by atoms with van der Waals surface area (Å²) in [6.07, 6.45) is 0.250. The number of hydrogen-bond acceptors (Lipinski definition) is 3. The highest BCUT2D eigenvalue weighted by atomic mass is 35.5. The molecular formula is C7H19Cl2N3O. The summed E-state index contributed by atoms with van der Waals surface area (Å²) < 4.78 is 0. The van der Waals surface area contributed by atoms with Crippen molar-refractivity contribution in [3.8, 4) is 0 Å². The van der Waals surface area contributed by atoms with Crippen molar-refractivity contribution in [2.75, 3.05) is 26.7 Å². The van der Waals surface area contributed by atoms with Crippen LogP contribution in [0.25, 0.3) is 0 Å². The largest absolute Gasteiger partial charge is 0.372 e. The van der Waals surface area contributed by atoms with E-state index in [4.69, 9.17) is 4.79 Å². The maximum absolute atomic E-state index is 8.58. The maximum atomic E-state index is 8.58. The van der Waals surface area contributed by atoms with Crippen molar-refractivity contribution in [1.82, 2.24) is 10.2 Å². The summed E-state index contributed by atoms with van der Waals surface area (Å²) in [4.78, 5) is 11.0. The molecule has 1 atom stereocenters. The summed E-state index contributed by atoms with van der Waals surface area (Å²) in [6, 6.07) is 0.726. The van der Waals surface area contributed by atoms with Crippen molar-refractivity contribution in [2.24, 2.45) is 5.73 Å². The molecule has 6 heteroatoms. The third-order valence-corrected chi connectivity index (χ3v) is 1.83. The molecule has 0 aromatic carbocycles. The van der Waals surface area contributed by atoms with E-state index in [1.54, 1.807) is 0 Å². The quantitative estimate of drug-likeness (QED) is 0.571. The number of rotatable bonds is 0. The van der Waals surface area contributed by atoms with E-state index in [2.05, 4.69) is 29.9 Å². The van der Waals surface area contributed by atoms with Crippen LogP contribution in [0.4, 0.5) is 0 Å². The first-order chi connectivity index (χ1) is 5.22. The fourth-order valence-corrected chi connectivity index (χ4v) is 0.943. The van der Waals surface area contributed by atoms with Gasteiger partial charge in [-0.2, -0.15) is 0 Å². The molecule has 0 bridgehead atoms. The van der Waals surface area contributed by atoms with Gasteiger partial charge in [0.2, 0.25) is 6.41 Å². The molecular weight excluding hydrogens is 213 g/mol. The highest BCUT2D eigenvalue weighted by Crippen LogP contribution is 1.95. The van der Waals surface area contributed by atoms with E-state index >= 15 is 0 Å². The minimum absolute atomic E-state index is 0. The van der Waals surface area contributed by atoms with Gasteiger partial charge in [-0.3, -0.25) is 4.79 Å². The van der Waals surface area contributed by atoms with Gasteiger partial charge in [0.05, 0.1) is 0 Å². The van der Waals surface area contributed by atoms with Crippen LogP contribution in [0, 0.1) is 0 Å². The standard InChI is InChI=1S/C6H14N2.CH3NO.2ClH/c1-6-5-7-3-4-8(6)2;2-1-3;;/h6-7H,3-5H2,1-2H3;1H,(H2,2,3);2*1H. The van der Waals surface area contributed by atoms with Gasteiger partial charge in [0.15, 0.2) is 0 Å². The van der Waals surface area contributed by atoms with Crippen molar-refractivity contribution in [1.29, 1.82) is 0 Å². The Morgan fingerprint density at radius 2 is 2.00 bits per heavy atom. The van der Waals surface area contributed by atoms with Gasteiger partial charge in [-0.05, 0) is 14.0 Å². The molecule has 1 aliphatic rings. The fraction of sp³-hybridized carbons (Fsp3) is 0.857. The molecule has 4 nitrogen and oxygen atoms in total. The zero-order valence-corrected chi connectivity index (χ0v) is 9.66. The molecule has 1 rings (SSSR count). The number of hydrogen-bond donors (Lipinski definition) is 2. The second-order valence-corrected chi connectivity index (χ2v) is 2.67. The zero-order valence-electron chi connectivity index (χ0n) is 8.03. The highest BCUT2D eigenvalue weighted by molar-refractivity contribution is 5.85. The van der Waals surface area contributed by atoms with Crippen LogP contribution in [0.2, 0.25) is 0 Å². The molecule has 1 heterocycles. The smallest absolute Gasteiger partial charge is 0.204 e. The summed E-state index contributed by atoms with van der Waals surface area (Å²) in [5.41, 5.74) is 4.17. The van der Waals surface area contributed by atoms with Gasteiger partial charge in [0.1, 0.15) is 0 Å². The number of nitrogens with one attached hydrogen (secondary N) is 1. The number of carbonyl (C=O) groups is 1. The van der Waals surface area contributed by atoms with Crippen molar-refractivity contribution < 1.29 is 4.79 Å². The van der Waals surface area contributed by atoms with E-state index in [0.29, 0.717) is 0 Å². The van der Waals surface area contributed by atoms with Crippen LogP contribution in [-0.4, -0.2) is 44.0 Å². The van der Waals surface area contributed by atoms with Crippen LogP contribution >= 0.6 is 24.8 Å². The van der Waals surface area contributed by atoms with Gasteiger partial charge in [0, 0.05) is 25.7 Å². The van der Waals surface area contributed by atoms with Crippen LogP contribution < -0.4 is 11.1 Å². The van der Waals surface area contributed by atoms with E-state index in [-0.39, 0.29) is 31.2 Å². The van der Waals surface area contributed by atoms with Crippen molar-refractivity contribution in [3.63, 3.8) is 0 Å². The third kappa shape index (κ3) is 9.89. The first kappa shape index (κ1) is 18.7. The molecule has 0 aliphatic carbocycles. The number of nitrogens with zero attached hydrogens (tertiary/aromatic N) is 1. The van der Waals surface area contributed by atoms with Crippen molar-refractivity contribution >= 4 is 31.2 Å².